The number of nitrogens with two attached hydrogens (primary N) is 1. The molecule has 1 rings (SSSR count). The van der Waals surface area contributed by atoms with Crippen LogP contribution in [-0.4, -0.2) is 11.7 Å². The first-order valence-corrected chi connectivity index (χ1v) is 2.59. The lowest BCUT2D eigenvalue weighted by Crippen LogP contribution is -1.82. The van der Waals surface area contributed by atoms with E-state index in [0.717, 1.165) is 0 Å². The number of aromatic nitrogens is 1. The molecule has 0 saturated carbocycles. The number of hydrogen-bond donors (Lipinski definition) is 1. The lowest BCUT2D eigenvalue weighted by molar-refractivity contribution is 0.445. The first-order valence-electron chi connectivity index (χ1n) is 2.59. The van der Waals surface area contributed by atoms with Gasteiger partial charge in [-0.3, -0.25) is 4.39 Å². The number of rotatable bonds is 2. The molecule has 50 valence electrons. The van der Waals surface area contributed by atoms with Crippen molar-refractivity contribution in [1.29, 1.82) is 0 Å². The van der Waals surface area contributed by atoms with Crippen LogP contribution in [0, 0.1) is 0 Å². The molecular formula is C5H7FN2O. The molecule has 3 nitrogen and oxygen atoms in total. The molecular weight excluding hydrogens is 123 g/mol. The maximum atomic E-state index is 11.6. The maximum Gasteiger partial charge on any atom is 0.292 e. The summed E-state index contributed by atoms with van der Waals surface area (Å²) in [6.45, 7) is -0.436. The van der Waals surface area contributed by atoms with Gasteiger partial charge in [0.15, 0.2) is 0 Å². The van der Waals surface area contributed by atoms with Gasteiger partial charge in [-0.1, -0.05) is 0 Å². The van der Waals surface area contributed by atoms with Crippen LogP contribution >= 0.6 is 0 Å². The Morgan fingerprint density at radius 3 is 3.00 bits per heavy atom. The van der Waals surface area contributed by atoms with Gasteiger partial charge in [-0.2, -0.15) is 0 Å². The van der Waals surface area contributed by atoms with E-state index in [2.05, 4.69) is 4.98 Å². The second kappa shape index (κ2) is 2.48. The second-order valence-corrected chi connectivity index (χ2v) is 1.60. The van der Waals surface area contributed by atoms with Crippen LogP contribution in [0.2, 0.25) is 0 Å². The molecule has 0 bridgehead atoms. The van der Waals surface area contributed by atoms with E-state index in [-0.39, 0.29) is 12.4 Å². The minimum atomic E-state index is -0.436. The van der Waals surface area contributed by atoms with Crippen LogP contribution in [0.15, 0.2) is 10.6 Å². The van der Waals surface area contributed by atoms with Gasteiger partial charge in [-0.15, -0.1) is 0 Å². The third-order valence-corrected chi connectivity index (χ3v) is 0.912. The number of nitrogen functional groups attached to an aromatic ring is 1. The van der Waals surface area contributed by atoms with Crippen molar-refractivity contribution in [2.24, 2.45) is 0 Å². The fourth-order valence-electron chi connectivity index (χ4n) is 0.531. The van der Waals surface area contributed by atoms with Crippen molar-refractivity contribution in [2.45, 2.75) is 6.42 Å². The van der Waals surface area contributed by atoms with Crippen molar-refractivity contribution in [3.8, 4) is 0 Å². The van der Waals surface area contributed by atoms with Gasteiger partial charge in [0.25, 0.3) is 6.01 Å². The summed E-state index contributed by atoms with van der Waals surface area (Å²) in [6, 6.07) is 0.0958. The number of oxazole rings is 1. The second-order valence-electron chi connectivity index (χ2n) is 1.60. The molecule has 9 heavy (non-hydrogen) atoms. The van der Waals surface area contributed by atoms with Crippen molar-refractivity contribution >= 4 is 6.01 Å². The third kappa shape index (κ3) is 1.42. The number of nitrogens with zero attached hydrogens (tertiary/aromatic N) is 1. The normalized spacial score (nSPS) is 9.89. The molecule has 0 amide bonds. The quantitative estimate of drug-likeness (QED) is 0.643. The van der Waals surface area contributed by atoms with E-state index in [1.165, 1.54) is 6.20 Å². The topological polar surface area (TPSA) is 52.0 Å². The third-order valence-electron chi connectivity index (χ3n) is 0.912. The highest BCUT2D eigenvalue weighted by atomic mass is 19.1. The molecule has 0 aliphatic rings. The van der Waals surface area contributed by atoms with Crippen molar-refractivity contribution in [3.63, 3.8) is 0 Å². The van der Waals surface area contributed by atoms with Crippen molar-refractivity contribution in [3.05, 3.63) is 12.0 Å². The molecule has 4 heteroatoms. The van der Waals surface area contributed by atoms with E-state index in [0.29, 0.717) is 5.76 Å². The Bertz CT molecular complexity index is 187. The Labute approximate surface area is 51.7 Å². The van der Waals surface area contributed by atoms with Crippen LogP contribution < -0.4 is 5.73 Å². The van der Waals surface area contributed by atoms with Gasteiger partial charge in [0.2, 0.25) is 0 Å². The summed E-state index contributed by atoms with van der Waals surface area (Å²) in [5, 5.41) is 0. The Morgan fingerprint density at radius 1 is 1.78 bits per heavy atom. The Hall–Kier alpha value is -1.06. The van der Waals surface area contributed by atoms with Crippen LogP contribution in [0.3, 0.4) is 0 Å². The van der Waals surface area contributed by atoms with E-state index in [1.807, 2.05) is 0 Å². The van der Waals surface area contributed by atoms with Crippen LogP contribution in [-0.2, 0) is 6.42 Å². The van der Waals surface area contributed by atoms with Crippen LogP contribution in [0.25, 0.3) is 0 Å². The zero-order valence-corrected chi connectivity index (χ0v) is 4.80. The molecule has 0 saturated heterocycles. The summed E-state index contributed by atoms with van der Waals surface area (Å²) in [4.78, 5) is 3.58. The highest BCUT2D eigenvalue weighted by molar-refractivity contribution is 5.10. The Balaban J connectivity index is 2.61. The first-order chi connectivity index (χ1) is 4.33. The smallest absolute Gasteiger partial charge is 0.292 e. The maximum absolute atomic E-state index is 11.6. The van der Waals surface area contributed by atoms with Crippen LogP contribution in [0.5, 0.6) is 0 Å². The van der Waals surface area contributed by atoms with E-state index in [9.17, 15) is 4.39 Å². The van der Waals surface area contributed by atoms with Gasteiger partial charge in [0.05, 0.1) is 12.9 Å². The summed E-state index contributed by atoms with van der Waals surface area (Å²) in [5.41, 5.74) is 5.11. The minimum Gasteiger partial charge on any atom is -0.429 e. The molecule has 1 aromatic rings. The molecule has 0 atom stereocenters. The monoisotopic (exact) mass is 130 g/mol. The van der Waals surface area contributed by atoms with Crippen molar-refractivity contribution in [1.82, 2.24) is 4.98 Å². The molecule has 2 N–H and O–H groups in total. The predicted molar refractivity (Wildman–Crippen MR) is 30.6 cm³/mol. The molecule has 1 heterocycles. The molecule has 0 spiro atoms. The standard InChI is InChI=1S/C5H7FN2O/c6-2-1-4-3-8-5(7)9-4/h3H,1-2H2,(H2,7,8). The van der Waals surface area contributed by atoms with Gasteiger partial charge in [0.1, 0.15) is 5.76 Å². The summed E-state index contributed by atoms with van der Waals surface area (Å²) < 4.78 is 16.3. The average molecular weight is 130 g/mol. The molecule has 0 radical (unpaired) electrons. The van der Waals surface area contributed by atoms with E-state index in [1.54, 1.807) is 0 Å². The van der Waals surface area contributed by atoms with Crippen LogP contribution in [0.1, 0.15) is 5.76 Å². The highest BCUT2D eigenvalue weighted by Gasteiger charge is 1.97. The van der Waals surface area contributed by atoms with Gasteiger partial charge in [-0.25, -0.2) is 4.98 Å². The number of aryl methyl sites for hydroxylation is 1. The minimum absolute atomic E-state index is 0.0958. The SMILES string of the molecule is Nc1ncc(CCF)o1. The summed E-state index contributed by atoms with van der Waals surface area (Å²) in [7, 11) is 0. The fraction of sp³-hybridized carbons (Fsp3) is 0.400. The van der Waals surface area contributed by atoms with Crippen molar-refractivity contribution in [2.75, 3.05) is 12.4 Å². The average Bonchev–Trinajstić information content (AvgIpc) is 2.17. The summed E-state index contributed by atoms with van der Waals surface area (Å²) in [6.07, 6.45) is 1.68. The van der Waals surface area contributed by atoms with E-state index >= 15 is 0 Å². The molecule has 0 aliphatic heterocycles. The van der Waals surface area contributed by atoms with E-state index in [4.69, 9.17) is 10.2 Å². The Morgan fingerprint density at radius 2 is 2.56 bits per heavy atom. The predicted octanol–water partition coefficient (Wildman–Crippen LogP) is 0.769. The lowest BCUT2D eigenvalue weighted by Gasteiger charge is -1.83. The van der Waals surface area contributed by atoms with Crippen LogP contribution in [0.4, 0.5) is 10.4 Å². The zero-order valence-electron chi connectivity index (χ0n) is 4.80. The van der Waals surface area contributed by atoms with E-state index < -0.39 is 6.67 Å². The molecule has 1 aromatic heterocycles. The summed E-state index contributed by atoms with van der Waals surface area (Å²) in [5.74, 6) is 0.495. The molecule has 0 fully saturated rings. The summed E-state index contributed by atoms with van der Waals surface area (Å²) >= 11 is 0. The van der Waals surface area contributed by atoms with Gasteiger partial charge < -0.3 is 10.2 Å². The largest absolute Gasteiger partial charge is 0.429 e. The Kier molecular flexibility index (Phi) is 1.67. The fourth-order valence-corrected chi connectivity index (χ4v) is 0.531. The van der Waals surface area contributed by atoms with Gasteiger partial charge >= 0.3 is 0 Å². The lowest BCUT2D eigenvalue weighted by atomic mass is 10.4. The van der Waals surface area contributed by atoms with Crippen molar-refractivity contribution < 1.29 is 8.81 Å². The van der Waals surface area contributed by atoms with Gasteiger partial charge in [0, 0.05) is 6.42 Å². The highest BCUT2D eigenvalue weighted by Crippen LogP contribution is 2.04. The number of alkyl halides is 1. The van der Waals surface area contributed by atoms with Gasteiger partial charge in [-0.05, 0) is 0 Å². The molecule has 0 aliphatic carbocycles. The zero-order chi connectivity index (χ0) is 6.69. The molecule has 0 aromatic carbocycles. The number of anilines is 1. The number of hydrogen-bond acceptors (Lipinski definition) is 3. The number of halogens is 1. The first kappa shape index (κ1) is 6.07. The molecule has 0 unspecified atom stereocenters.